The minimum atomic E-state index is -0.561. The third-order valence-electron chi connectivity index (χ3n) is 2.03. The maximum Gasteiger partial charge on any atom is 0.336 e. The van der Waals surface area contributed by atoms with Crippen molar-refractivity contribution < 1.29 is 14.6 Å². The van der Waals surface area contributed by atoms with Crippen LogP contribution in [-0.2, 0) is 9.53 Å². The zero-order valence-electron chi connectivity index (χ0n) is 8.64. The molecule has 0 aliphatic rings. The Morgan fingerprint density at radius 1 is 1.47 bits per heavy atom. The predicted octanol–water partition coefficient (Wildman–Crippen LogP) is 1.84. The Morgan fingerprint density at radius 3 is 2.60 bits per heavy atom. The van der Waals surface area contributed by atoms with Crippen LogP contribution in [0.4, 0.5) is 0 Å². The van der Waals surface area contributed by atoms with Gasteiger partial charge in [0.05, 0.1) is 12.2 Å². The lowest BCUT2D eigenvalue weighted by Gasteiger charge is -2.13. The number of hydrogen-bond acceptors (Lipinski definition) is 3. The van der Waals surface area contributed by atoms with Crippen molar-refractivity contribution in [2.24, 2.45) is 0 Å². The molecule has 0 radical (unpaired) electrons. The molecule has 1 atom stereocenters. The molecule has 0 saturated heterocycles. The van der Waals surface area contributed by atoms with Crippen LogP contribution in [0.25, 0.3) is 0 Å². The smallest absolute Gasteiger partial charge is 0.336 e. The largest absolute Gasteiger partial charge is 0.454 e. The van der Waals surface area contributed by atoms with Crippen LogP contribution < -0.4 is 0 Å². The van der Waals surface area contributed by atoms with Crippen molar-refractivity contribution in [1.82, 2.24) is 0 Å². The molecule has 1 N–H and O–H groups in total. The molecule has 0 saturated carbocycles. The molecule has 0 fully saturated rings. The first-order valence-electron chi connectivity index (χ1n) is 4.69. The van der Waals surface area contributed by atoms with Gasteiger partial charge in [-0.15, -0.1) is 0 Å². The first-order valence-corrected chi connectivity index (χ1v) is 4.69. The maximum absolute atomic E-state index is 11.3. The van der Waals surface area contributed by atoms with Crippen LogP contribution in [0, 0.1) is 0 Å². The van der Waals surface area contributed by atoms with E-state index in [-0.39, 0.29) is 18.3 Å². The molecule has 0 spiro atoms. The summed E-state index contributed by atoms with van der Waals surface area (Å²) in [6, 6.07) is 9.39. The highest BCUT2D eigenvalue weighted by Crippen LogP contribution is 2.17. The number of esters is 1. The van der Waals surface area contributed by atoms with E-state index in [1.165, 1.54) is 0 Å². The molecular weight excluding hydrogens is 192 g/mol. The summed E-state index contributed by atoms with van der Waals surface area (Å²) in [5.41, 5.74) is 0.981. The van der Waals surface area contributed by atoms with Crippen molar-refractivity contribution in [3.63, 3.8) is 0 Å². The number of hydrogen-bond donors (Lipinski definition) is 1. The fourth-order valence-corrected chi connectivity index (χ4v) is 1.10. The molecule has 1 rings (SSSR count). The van der Waals surface area contributed by atoms with E-state index >= 15 is 0 Å². The van der Waals surface area contributed by atoms with Crippen LogP contribution in [-0.4, -0.2) is 17.7 Å². The summed E-state index contributed by atoms with van der Waals surface area (Å²) in [5.74, 6) is -0.561. The number of aliphatic hydroxyl groups excluding tert-OH is 1. The van der Waals surface area contributed by atoms with Crippen LogP contribution in [0.5, 0.6) is 0 Å². The minimum absolute atomic E-state index is 0.0674. The molecule has 0 aliphatic heterocycles. The highest BCUT2D eigenvalue weighted by molar-refractivity contribution is 5.88. The van der Waals surface area contributed by atoms with Crippen LogP contribution in [0.3, 0.4) is 0 Å². The van der Waals surface area contributed by atoms with E-state index in [2.05, 4.69) is 6.58 Å². The molecule has 1 unspecified atom stereocenters. The highest BCUT2D eigenvalue weighted by Gasteiger charge is 2.13. The molecule has 1 aromatic rings. The quantitative estimate of drug-likeness (QED) is 0.604. The Kier molecular flexibility index (Phi) is 4.06. The Bertz CT molecular complexity index is 343. The molecule has 80 valence electrons. The van der Waals surface area contributed by atoms with Crippen molar-refractivity contribution in [2.75, 3.05) is 6.61 Å². The van der Waals surface area contributed by atoms with Gasteiger partial charge in [-0.05, 0) is 12.5 Å². The molecule has 15 heavy (non-hydrogen) atoms. The fraction of sp³-hybridized carbons (Fsp3) is 0.250. The van der Waals surface area contributed by atoms with E-state index in [1.54, 1.807) is 6.92 Å². The van der Waals surface area contributed by atoms with Gasteiger partial charge in [0.2, 0.25) is 0 Å². The van der Waals surface area contributed by atoms with Crippen LogP contribution >= 0.6 is 0 Å². The van der Waals surface area contributed by atoms with Gasteiger partial charge in [0, 0.05) is 0 Å². The zero-order valence-corrected chi connectivity index (χ0v) is 8.64. The van der Waals surface area contributed by atoms with Crippen molar-refractivity contribution in [3.05, 3.63) is 48.0 Å². The van der Waals surface area contributed by atoms with Gasteiger partial charge in [-0.2, -0.15) is 0 Å². The van der Waals surface area contributed by atoms with Crippen molar-refractivity contribution in [3.8, 4) is 0 Å². The first-order chi connectivity index (χ1) is 7.15. The van der Waals surface area contributed by atoms with Crippen LogP contribution in [0.15, 0.2) is 42.5 Å². The molecule has 0 aliphatic carbocycles. The average Bonchev–Trinajstić information content (AvgIpc) is 2.29. The molecule has 0 aromatic heterocycles. The van der Waals surface area contributed by atoms with Crippen molar-refractivity contribution in [1.29, 1.82) is 0 Å². The Morgan fingerprint density at radius 2 is 2.07 bits per heavy atom. The van der Waals surface area contributed by atoms with E-state index in [9.17, 15) is 4.79 Å². The van der Waals surface area contributed by atoms with E-state index in [4.69, 9.17) is 9.84 Å². The molecule has 0 amide bonds. The van der Waals surface area contributed by atoms with Gasteiger partial charge in [-0.1, -0.05) is 36.9 Å². The molecular formula is C12H14O3. The van der Waals surface area contributed by atoms with E-state index in [0.717, 1.165) is 5.56 Å². The average molecular weight is 206 g/mol. The lowest BCUT2D eigenvalue weighted by atomic mass is 10.1. The predicted molar refractivity (Wildman–Crippen MR) is 57.2 cm³/mol. The monoisotopic (exact) mass is 206 g/mol. The lowest BCUT2D eigenvalue weighted by molar-refractivity contribution is -0.144. The molecule has 0 bridgehead atoms. The Balaban J connectivity index is 2.60. The number of benzene rings is 1. The van der Waals surface area contributed by atoms with Crippen LogP contribution in [0.1, 0.15) is 18.6 Å². The van der Waals surface area contributed by atoms with Gasteiger partial charge >= 0.3 is 5.97 Å². The van der Waals surface area contributed by atoms with Gasteiger partial charge in [0.15, 0.2) is 0 Å². The third-order valence-corrected chi connectivity index (χ3v) is 2.03. The second kappa shape index (κ2) is 5.32. The summed E-state index contributed by atoms with van der Waals surface area (Å²) in [5, 5.41) is 8.69. The number of carbonyl (C=O) groups excluding carboxylic acids is 1. The summed E-state index contributed by atoms with van der Waals surface area (Å²) in [6.45, 7) is 4.80. The normalized spacial score (nSPS) is 11.9. The number of carbonyl (C=O) groups is 1. The topological polar surface area (TPSA) is 46.5 Å². The second-order valence-electron chi connectivity index (χ2n) is 3.22. The van der Waals surface area contributed by atoms with E-state index in [1.807, 2.05) is 30.3 Å². The fourth-order valence-electron chi connectivity index (χ4n) is 1.10. The van der Waals surface area contributed by atoms with Gasteiger partial charge < -0.3 is 9.84 Å². The standard InChI is InChI=1S/C12H14O3/c1-9(8-13)12(14)15-10(2)11-6-4-3-5-7-11/h3-7,10,13H,1,8H2,2H3. The molecule has 0 heterocycles. The Labute approximate surface area is 89.0 Å². The molecule has 3 heteroatoms. The summed E-state index contributed by atoms with van der Waals surface area (Å²) >= 11 is 0. The van der Waals surface area contributed by atoms with Crippen molar-refractivity contribution in [2.45, 2.75) is 13.0 Å². The third kappa shape index (κ3) is 3.22. The van der Waals surface area contributed by atoms with Gasteiger partial charge in [0.25, 0.3) is 0 Å². The van der Waals surface area contributed by atoms with Crippen molar-refractivity contribution >= 4 is 5.97 Å². The summed E-state index contributed by atoms with van der Waals surface area (Å²) in [6.07, 6.45) is -0.331. The van der Waals surface area contributed by atoms with E-state index in [0.29, 0.717) is 0 Å². The van der Waals surface area contributed by atoms with E-state index < -0.39 is 5.97 Å². The number of rotatable bonds is 4. The first kappa shape index (κ1) is 11.5. The van der Waals surface area contributed by atoms with Gasteiger partial charge in [0.1, 0.15) is 6.10 Å². The lowest BCUT2D eigenvalue weighted by Crippen LogP contribution is -2.12. The maximum atomic E-state index is 11.3. The number of ether oxygens (including phenoxy) is 1. The minimum Gasteiger partial charge on any atom is -0.454 e. The summed E-state index contributed by atoms with van der Waals surface area (Å²) < 4.78 is 5.09. The Hall–Kier alpha value is -1.61. The zero-order chi connectivity index (χ0) is 11.3. The van der Waals surface area contributed by atoms with Crippen LogP contribution in [0.2, 0.25) is 0 Å². The number of aliphatic hydroxyl groups is 1. The SMILES string of the molecule is C=C(CO)C(=O)OC(C)c1ccccc1. The highest BCUT2D eigenvalue weighted by atomic mass is 16.5. The summed E-state index contributed by atoms with van der Waals surface area (Å²) in [7, 11) is 0. The molecule has 1 aromatic carbocycles. The van der Waals surface area contributed by atoms with Gasteiger partial charge in [-0.3, -0.25) is 0 Å². The second-order valence-corrected chi connectivity index (χ2v) is 3.22. The van der Waals surface area contributed by atoms with Gasteiger partial charge in [-0.25, -0.2) is 4.79 Å². The summed E-state index contributed by atoms with van der Waals surface area (Å²) in [4.78, 5) is 11.3. The molecule has 3 nitrogen and oxygen atoms in total.